The van der Waals surface area contributed by atoms with Crippen LogP contribution in [-0.4, -0.2) is 33.2 Å². The molecule has 1 aliphatic rings. The van der Waals surface area contributed by atoms with Gasteiger partial charge in [-0.05, 0) is 66.5 Å². The first-order valence-electron chi connectivity index (χ1n) is 11.4. The van der Waals surface area contributed by atoms with E-state index < -0.39 is 5.97 Å². The lowest BCUT2D eigenvalue weighted by atomic mass is 9.89. The highest BCUT2D eigenvalue weighted by Gasteiger charge is 2.23. The van der Waals surface area contributed by atoms with Crippen molar-refractivity contribution in [2.24, 2.45) is 0 Å². The summed E-state index contributed by atoms with van der Waals surface area (Å²) in [5, 5.41) is 5.35. The molecule has 6 nitrogen and oxygen atoms in total. The smallest absolute Gasteiger partial charge is 0.341 e. The summed E-state index contributed by atoms with van der Waals surface area (Å²) in [7, 11) is 4.53. The van der Waals surface area contributed by atoms with Crippen molar-refractivity contribution in [1.29, 1.82) is 0 Å². The number of hydrogen-bond acceptors (Lipinski definition) is 6. The number of aryl methyl sites for hydroxylation is 3. The average Bonchev–Trinajstić information content (AvgIpc) is 3.29. The van der Waals surface area contributed by atoms with E-state index in [-0.39, 0.29) is 12.3 Å². The second kappa shape index (κ2) is 10.7. The number of nitrogens with one attached hydrogen (secondary N) is 1. The molecule has 1 N–H and O–H groups in total. The first-order chi connectivity index (χ1) is 16.5. The highest BCUT2D eigenvalue weighted by Crippen LogP contribution is 2.38. The number of thiophene rings is 1. The second-order valence-electron chi connectivity index (χ2n) is 8.27. The topological polar surface area (TPSA) is 73.9 Å². The molecule has 178 valence electrons. The summed E-state index contributed by atoms with van der Waals surface area (Å²) in [5.41, 5.74) is 5.85. The zero-order chi connectivity index (χ0) is 24.1. The van der Waals surface area contributed by atoms with Gasteiger partial charge in [-0.15, -0.1) is 11.3 Å². The monoisotopic (exact) mass is 479 g/mol. The first-order valence-corrected chi connectivity index (χ1v) is 12.2. The molecule has 1 heterocycles. The molecule has 2 aromatic carbocycles. The number of amides is 1. The summed E-state index contributed by atoms with van der Waals surface area (Å²) >= 11 is 1.34. The maximum absolute atomic E-state index is 12.8. The number of carbonyl (C=O) groups excluding carboxylic acids is 2. The molecule has 0 atom stereocenters. The summed E-state index contributed by atoms with van der Waals surface area (Å²) in [4.78, 5) is 25.4. The van der Waals surface area contributed by atoms with Gasteiger partial charge in [0.1, 0.15) is 10.6 Å². The Kier molecular flexibility index (Phi) is 7.53. The van der Waals surface area contributed by atoms with Crippen LogP contribution in [0.4, 0.5) is 5.00 Å². The molecule has 3 aromatic rings. The molecule has 0 spiro atoms. The van der Waals surface area contributed by atoms with E-state index in [1.165, 1.54) is 42.4 Å². The van der Waals surface area contributed by atoms with Gasteiger partial charge < -0.3 is 19.5 Å². The average molecular weight is 480 g/mol. The summed E-state index contributed by atoms with van der Waals surface area (Å²) in [6.45, 7) is 0. The number of carbonyl (C=O) groups is 2. The van der Waals surface area contributed by atoms with Crippen LogP contribution in [0.5, 0.6) is 11.5 Å². The Morgan fingerprint density at radius 1 is 0.941 bits per heavy atom. The van der Waals surface area contributed by atoms with Crippen molar-refractivity contribution in [2.45, 2.75) is 38.5 Å². The van der Waals surface area contributed by atoms with Crippen LogP contribution in [0.3, 0.4) is 0 Å². The van der Waals surface area contributed by atoms with Crippen molar-refractivity contribution in [3.05, 3.63) is 64.0 Å². The van der Waals surface area contributed by atoms with E-state index in [4.69, 9.17) is 14.2 Å². The maximum Gasteiger partial charge on any atom is 0.341 e. The molecular formula is C27H29NO5S. The summed E-state index contributed by atoms with van der Waals surface area (Å²) in [6, 6.07) is 12.0. The third-order valence-electron chi connectivity index (χ3n) is 6.18. The van der Waals surface area contributed by atoms with Gasteiger partial charge in [0.15, 0.2) is 11.5 Å². The predicted octanol–water partition coefficient (Wildman–Crippen LogP) is 5.67. The third-order valence-corrected chi connectivity index (χ3v) is 7.08. The van der Waals surface area contributed by atoms with Gasteiger partial charge in [0.25, 0.3) is 0 Å². The van der Waals surface area contributed by atoms with E-state index in [2.05, 4.69) is 23.5 Å². The van der Waals surface area contributed by atoms with E-state index in [0.29, 0.717) is 28.5 Å². The van der Waals surface area contributed by atoms with Crippen LogP contribution in [0.25, 0.3) is 11.1 Å². The summed E-state index contributed by atoms with van der Waals surface area (Å²) < 4.78 is 15.7. The first kappa shape index (κ1) is 23.8. The van der Waals surface area contributed by atoms with Crippen molar-refractivity contribution in [3.8, 4) is 22.6 Å². The lowest BCUT2D eigenvalue weighted by molar-refractivity contribution is -0.116. The SMILES string of the molecule is COC(=O)c1c(-c2ccc3c(c2)CCCC3)csc1NC(=O)CCc1ccc(OC)c(OC)c1. The van der Waals surface area contributed by atoms with Gasteiger partial charge in [-0.1, -0.05) is 24.3 Å². The quantitative estimate of drug-likeness (QED) is 0.422. The van der Waals surface area contributed by atoms with E-state index in [1.807, 2.05) is 23.6 Å². The molecule has 0 saturated carbocycles. The van der Waals surface area contributed by atoms with Gasteiger partial charge >= 0.3 is 5.97 Å². The Labute approximate surface area is 203 Å². The Morgan fingerprint density at radius 3 is 2.44 bits per heavy atom. The van der Waals surface area contributed by atoms with Crippen LogP contribution in [-0.2, 0) is 28.8 Å². The normalized spacial score (nSPS) is 12.6. The van der Waals surface area contributed by atoms with Crippen molar-refractivity contribution in [2.75, 3.05) is 26.6 Å². The van der Waals surface area contributed by atoms with Crippen LogP contribution in [0.1, 0.15) is 46.3 Å². The lowest BCUT2D eigenvalue weighted by Gasteiger charge is -2.16. The number of ether oxygens (including phenoxy) is 3. The van der Waals surface area contributed by atoms with Crippen LogP contribution in [0, 0.1) is 0 Å². The summed E-state index contributed by atoms with van der Waals surface area (Å²) in [6.07, 6.45) is 5.36. The number of fused-ring (bicyclic) bond motifs is 1. The number of esters is 1. The molecule has 1 aromatic heterocycles. The Balaban J connectivity index is 1.51. The van der Waals surface area contributed by atoms with Crippen LogP contribution >= 0.6 is 11.3 Å². The molecule has 34 heavy (non-hydrogen) atoms. The van der Waals surface area contributed by atoms with E-state index in [9.17, 15) is 9.59 Å². The van der Waals surface area contributed by atoms with Gasteiger partial charge in [0, 0.05) is 17.4 Å². The van der Waals surface area contributed by atoms with Gasteiger partial charge in [-0.25, -0.2) is 4.79 Å². The molecule has 0 unspecified atom stereocenters. The number of rotatable bonds is 8. The fourth-order valence-corrected chi connectivity index (χ4v) is 5.32. The highest BCUT2D eigenvalue weighted by molar-refractivity contribution is 7.15. The standard InChI is InChI=1S/C27H29NO5S/c1-31-22-12-8-17(14-23(22)32-2)9-13-24(29)28-26-25(27(30)33-3)21(16-34-26)20-11-10-18-6-4-5-7-19(18)15-20/h8,10-12,14-16H,4-7,9,13H2,1-3H3,(H,28,29). The van der Waals surface area contributed by atoms with E-state index in [1.54, 1.807) is 14.2 Å². The zero-order valence-corrected chi connectivity index (χ0v) is 20.6. The molecular weight excluding hydrogens is 450 g/mol. The number of methoxy groups -OCH3 is 3. The molecule has 0 bridgehead atoms. The van der Waals surface area contributed by atoms with Gasteiger partial charge in [0.2, 0.25) is 5.91 Å². The Bertz CT molecular complexity index is 1200. The maximum atomic E-state index is 12.8. The van der Waals surface area contributed by atoms with Crippen molar-refractivity contribution < 1.29 is 23.8 Å². The minimum Gasteiger partial charge on any atom is -0.493 e. The second-order valence-corrected chi connectivity index (χ2v) is 9.15. The molecule has 0 aliphatic heterocycles. The number of benzene rings is 2. The zero-order valence-electron chi connectivity index (χ0n) is 19.7. The molecule has 0 saturated heterocycles. The molecule has 4 rings (SSSR count). The fraction of sp³-hybridized carbons (Fsp3) is 0.333. The van der Waals surface area contributed by atoms with Crippen molar-refractivity contribution in [3.63, 3.8) is 0 Å². The number of hydrogen-bond donors (Lipinski definition) is 1. The van der Waals surface area contributed by atoms with E-state index in [0.717, 1.165) is 29.5 Å². The Morgan fingerprint density at radius 2 is 1.71 bits per heavy atom. The third kappa shape index (κ3) is 5.09. The molecule has 0 fully saturated rings. The summed E-state index contributed by atoms with van der Waals surface area (Å²) in [5.74, 6) is 0.649. The molecule has 0 radical (unpaired) electrons. The minimum atomic E-state index is -0.454. The fourth-order valence-electron chi connectivity index (χ4n) is 4.35. The van der Waals surface area contributed by atoms with Crippen molar-refractivity contribution >= 4 is 28.2 Å². The Hall–Kier alpha value is -3.32. The van der Waals surface area contributed by atoms with Crippen LogP contribution in [0.2, 0.25) is 0 Å². The van der Waals surface area contributed by atoms with Crippen LogP contribution < -0.4 is 14.8 Å². The largest absolute Gasteiger partial charge is 0.493 e. The number of anilines is 1. The van der Waals surface area contributed by atoms with Gasteiger partial charge in [-0.3, -0.25) is 4.79 Å². The molecule has 1 aliphatic carbocycles. The van der Waals surface area contributed by atoms with Crippen LogP contribution in [0.15, 0.2) is 41.8 Å². The van der Waals surface area contributed by atoms with Gasteiger partial charge in [-0.2, -0.15) is 0 Å². The lowest BCUT2D eigenvalue weighted by Crippen LogP contribution is -2.14. The highest BCUT2D eigenvalue weighted by atomic mass is 32.1. The molecule has 7 heteroatoms. The predicted molar refractivity (Wildman–Crippen MR) is 134 cm³/mol. The van der Waals surface area contributed by atoms with Crippen molar-refractivity contribution in [1.82, 2.24) is 0 Å². The van der Waals surface area contributed by atoms with E-state index >= 15 is 0 Å². The molecule has 1 amide bonds. The van der Waals surface area contributed by atoms with Gasteiger partial charge in [0.05, 0.1) is 21.3 Å². The minimum absolute atomic E-state index is 0.168.